The molecule has 1 aromatic carbocycles. The van der Waals surface area contributed by atoms with Gasteiger partial charge in [0.2, 0.25) is 0 Å². The van der Waals surface area contributed by atoms with E-state index in [-0.39, 0.29) is 37.7 Å². The van der Waals surface area contributed by atoms with Crippen molar-refractivity contribution in [1.29, 1.82) is 0 Å². The second kappa shape index (κ2) is 4.49. The molecule has 0 aliphatic rings. The SMILES string of the molecule is CC(C)(C)c1ccccc1.[Ar]. The Balaban J connectivity index is 0.000001000. The molecular weight excluding hydrogens is 160 g/mol. The third-order valence-electron chi connectivity index (χ3n) is 1.64. The number of hydrogen-bond donors (Lipinski definition) is 0. The van der Waals surface area contributed by atoms with Crippen LogP contribution in [0.1, 0.15) is 26.3 Å². The number of rotatable bonds is 0. The van der Waals surface area contributed by atoms with Gasteiger partial charge in [0.15, 0.2) is 0 Å². The van der Waals surface area contributed by atoms with Gasteiger partial charge in [-0.2, -0.15) is 0 Å². The maximum Gasteiger partial charge on any atom is 0 e. The topological polar surface area (TPSA) is 0 Å². The molecule has 0 aromatic heterocycles. The molecule has 0 N–H and O–H groups in total. The van der Waals surface area contributed by atoms with Crippen molar-refractivity contribution >= 4 is 0 Å². The quantitative estimate of drug-likeness (QED) is 0.567. The molecule has 0 bridgehead atoms. The summed E-state index contributed by atoms with van der Waals surface area (Å²) in [6.07, 6.45) is 0. The molecule has 0 spiro atoms. The minimum atomic E-state index is 0. The summed E-state index contributed by atoms with van der Waals surface area (Å²) in [6.45, 7) is 6.67. The fourth-order valence-electron chi connectivity index (χ4n) is 0.938. The third-order valence-corrected chi connectivity index (χ3v) is 1.64. The molecular formula is C10H14Ar. The van der Waals surface area contributed by atoms with Crippen molar-refractivity contribution in [3.05, 3.63) is 35.9 Å². The largest absolute Gasteiger partial charge is 0.0622 e. The van der Waals surface area contributed by atoms with Crippen molar-refractivity contribution < 1.29 is 37.7 Å². The molecule has 0 radical (unpaired) electrons. The van der Waals surface area contributed by atoms with Crippen LogP contribution in [0.4, 0.5) is 0 Å². The van der Waals surface area contributed by atoms with Crippen LogP contribution in [0.15, 0.2) is 30.3 Å². The predicted molar refractivity (Wildman–Crippen MR) is 45.1 cm³/mol. The summed E-state index contributed by atoms with van der Waals surface area (Å²) < 4.78 is 0. The maximum absolute atomic E-state index is 2.22. The van der Waals surface area contributed by atoms with Crippen LogP contribution in [-0.4, -0.2) is 0 Å². The second-order valence-electron chi connectivity index (χ2n) is 3.62. The number of hydrogen-bond acceptors (Lipinski definition) is 0. The zero-order valence-electron chi connectivity index (χ0n) is 7.24. The molecule has 1 aromatic rings. The Bertz CT molecular complexity index is 196. The van der Waals surface area contributed by atoms with Crippen LogP contribution in [0, 0.1) is 37.7 Å². The summed E-state index contributed by atoms with van der Waals surface area (Å²) in [7, 11) is 0. The summed E-state index contributed by atoms with van der Waals surface area (Å²) in [5.41, 5.74) is 1.69. The van der Waals surface area contributed by atoms with Crippen molar-refractivity contribution in [3.8, 4) is 0 Å². The average molecular weight is 174 g/mol. The average Bonchev–Trinajstić information content (AvgIpc) is 1.88. The third kappa shape index (κ3) is 3.59. The van der Waals surface area contributed by atoms with Gasteiger partial charge in [-0.15, -0.1) is 0 Å². The van der Waals surface area contributed by atoms with Crippen LogP contribution < -0.4 is 0 Å². The Hall–Kier alpha value is 0.480. The van der Waals surface area contributed by atoms with E-state index in [1.807, 2.05) is 0 Å². The van der Waals surface area contributed by atoms with Gasteiger partial charge in [0, 0.05) is 37.7 Å². The van der Waals surface area contributed by atoms with Gasteiger partial charge in [0.05, 0.1) is 0 Å². The fourth-order valence-corrected chi connectivity index (χ4v) is 0.938. The van der Waals surface area contributed by atoms with E-state index in [0.29, 0.717) is 5.41 Å². The van der Waals surface area contributed by atoms with Crippen molar-refractivity contribution in [1.82, 2.24) is 0 Å². The molecule has 0 aliphatic carbocycles. The van der Waals surface area contributed by atoms with Crippen molar-refractivity contribution in [3.63, 3.8) is 0 Å². The van der Waals surface area contributed by atoms with E-state index < -0.39 is 0 Å². The van der Waals surface area contributed by atoms with Crippen LogP contribution in [-0.2, 0) is 5.41 Å². The minimum absolute atomic E-state index is 0. The van der Waals surface area contributed by atoms with Crippen LogP contribution in [0.5, 0.6) is 0 Å². The zero-order valence-corrected chi connectivity index (χ0v) is 7.95. The van der Waals surface area contributed by atoms with E-state index in [9.17, 15) is 0 Å². The van der Waals surface area contributed by atoms with Crippen LogP contribution in [0.3, 0.4) is 0 Å². The van der Waals surface area contributed by atoms with Gasteiger partial charge in [-0.1, -0.05) is 51.1 Å². The molecule has 0 saturated carbocycles. The molecule has 62 valence electrons. The first-order chi connectivity index (χ1) is 4.61. The molecule has 0 aliphatic heterocycles. The van der Waals surface area contributed by atoms with Gasteiger partial charge in [-0.25, -0.2) is 0 Å². The fraction of sp³-hybridized carbons (Fsp3) is 0.400. The van der Waals surface area contributed by atoms with Crippen LogP contribution in [0.25, 0.3) is 0 Å². The zero-order chi connectivity index (χ0) is 7.61. The van der Waals surface area contributed by atoms with E-state index in [2.05, 4.69) is 51.1 Å². The monoisotopic (exact) mass is 174 g/mol. The standard InChI is InChI=1S/C10H14.Ar/c1-10(2,3)9-7-5-4-6-8-9;/h4-8H,1-3H3;. The first-order valence-electron chi connectivity index (χ1n) is 3.66. The molecule has 0 saturated heterocycles. The van der Waals surface area contributed by atoms with E-state index in [4.69, 9.17) is 0 Å². The first kappa shape index (κ1) is 11.5. The normalized spacial score (nSPS) is 10.5. The Labute approximate surface area is 99.0 Å². The van der Waals surface area contributed by atoms with Gasteiger partial charge >= 0.3 is 0 Å². The van der Waals surface area contributed by atoms with Crippen LogP contribution >= 0.6 is 0 Å². The summed E-state index contributed by atoms with van der Waals surface area (Å²) in [4.78, 5) is 0. The molecule has 0 nitrogen and oxygen atoms in total. The molecule has 0 fully saturated rings. The minimum Gasteiger partial charge on any atom is -0.0622 e. The molecule has 0 heterocycles. The molecule has 0 unspecified atom stereocenters. The van der Waals surface area contributed by atoms with Crippen molar-refractivity contribution in [2.24, 2.45) is 0 Å². The van der Waals surface area contributed by atoms with Gasteiger partial charge in [-0.05, 0) is 11.0 Å². The van der Waals surface area contributed by atoms with E-state index in [1.165, 1.54) is 5.56 Å². The predicted octanol–water partition coefficient (Wildman–Crippen LogP) is 2.98. The maximum atomic E-state index is 2.22. The molecule has 11 heavy (non-hydrogen) atoms. The Morgan fingerprint density at radius 1 is 0.909 bits per heavy atom. The molecule has 0 atom stereocenters. The van der Waals surface area contributed by atoms with E-state index >= 15 is 0 Å². The van der Waals surface area contributed by atoms with E-state index in [0.717, 1.165) is 0 Å². The van der Waals surface area contributed by atoms with Gasteiger partial charge in [-0.3, -0.25) is 0 Å². The smallest absolute Gasteiger partial charge is 0 e. The van der Waals surface area contributed by atoms with Gasteiger partial charge in [0.25, 0.3) is 0 Å². The summed E-state index contributed by atoms with van der Waals surface area (Å²) in [5.74, 6) is 0. The molecule has 0 amide bonds. The second-order valence-corrected chi connectivity index (χ2v) is 3.62. The Kier molecular flexibility index (Phi) is 4.69. The summed E-state index contributed by atoms with van der Waals surface area (Å²) in [6, 6.07) is 10.6. The summed E-state index contributed by atoms with van der Waals surface area (Å²) in [5, 5.41) is 0. The van der Waals surface area contributed by atoms with Crippen molar-refractivity contribution in [2.75, 3.05) is 0 Å². The Morgan fingerprint density at radius 2 is 1.36 bits per heavy atom. The van der Waals surface area contributed by atoms with E-state index in [1.54, 1.807) is 0 Å². The Morgan fingerprint density at radius 3 is 1.64 bits per heavy atom. The van der Waals surface area contributed by atoms with Crippen molar-refractivity contribution in [2.45, 2.75) is 26.2 Å². The first-order valence-corrected chi connectivity index (χ1v) is 3.66. The molecule has 1 heteroatoms. The number of benzene rings is 1. The van der Waals surface area contributed by atoms with Crippen LogP contribution in [0.2, 0.25) is 0 Å². The van der Waals surface area contributed by atoms with Gasteiger partial charge in [0.1, 0.15) is 0 Å². The molecule has 1 rings (SSSR count). The van der Waals surface area contributed by atoms with Gasteiger partial charge < -0.3 is 0 Å². The summed E-state index contributed by atoms with van der Waals surface area (Å²) >= 11 is 0.